The highest BCUT2D eigenvalue weighted by Gasteiger charge is 2.26. The summed E-state index contributed by atoms with van der Waals surface area (Å²) in [5, 5.41) is 8.95. The number of imidazole rings is 1. The van der Waals surface area contributed by atoms with Gasteiger partial charge in [-0.15, -0.1) is 10.2 Å². The molecule has 2 aromatic heterocycles. The normalized spacial score (nSPS) is 17.9. The van der Waals surface area contributed by atoms with E-state index in [0.29, 0.717) is 12.5 Å². The molecule has 7 nitrogen and oxygen atoms in total. The first kappa shape index (κ1) is 17.7. The highest BCUT2D eigenvalue weighted by Crippen LogP contribution is 2.27. The highest BCUT2D eigenvalue weighted by atomic mass is 16.5. The fraction of sp³-hybridized carbons (Fsp3) is 0.450. The molecule has 0 N–H and O–H groups in total. The minimum absolute atomic E-state index is 0.422. The third-order valence-corrected chi connectivity index (χ3v) is 5.32. The molecule has 1 aliphatic rings. The third kappa shape index (κ3) is 4.03. The summed E-state index contributed by atoms with van der Waals surface area (Å²) >= 11 is 0. The second-order valence-electron chi connectivity index (χ2n) is 7.19. The Morgan fingerprint density at radius 1 is 1.15 bits per heavy atom. The fourth-order valence-electron chi connectivity index (χ4n) is 3.81. The Hall–Kier alpha value is -2.67. The molecule has 1 atom stereocenters. The lowest BCUT2D eigenvalue weighted by molar-refractivity contribution is 0.195. The van der Waals surface area contributed by atoms with Crippen LogP contribution in [0, 0.1) is 0 Å². The molecule has 0 radical (unpaired) electrons. The molecule has 0 unspecified atom stereocenters. The molecule has 1 saturated heterocycles. The average molecular weight is 366 g/mol. The molecular formula is C20H26N6O. The van der Waals surface area contributed by atoms with E-state index in [0.717, 1.165) is 43.5 Å². The van der Waals surface area contributed by atoms with Gasteiger partial charge in [-0.2, -0.15) is 0 Å². The molecule has 0 spiro atoms. The molecule has 3 aromatic rings. The lowest BCUT2D eigenvalue weighted by Crippen LogP contribution is -2.34. The SMILES string of the molecule is COc1ccc(CN2CCC[C@@H](c3nnc(Cn4ccnc4)n3C)C2)cc1. The van der Waals surface area contributed by atoms with Crippen LogP contribution in [0.4, 0.5) is 0 Å². The van der Waals surface area contributed by atoms with Gasteiger partial charge in [0.2, 0.25) is 0 Å². The molecule has 4 rings (SSSR count). The van der Waals surface area contributed by atoms with Crippen molar-refractivity contribution in [2.24, 2.45) is 7.05 Å². The first-order chi connectivity index (χ1) is 13.2. The summed E-state index contributed by atoms with van der Waals surface area (Å²) in [5.74, 6) is 3.38. The van der Waals surface area contributed by atoms with Gasteiger partial charge in [-0.1, -0.05) is 12.1 Å². The summed E-state index contributed by atoms with van der Waals surface area (Å²) in [6, 6.07) is 8.35. The quantitative estimate of drug-likeness (QED) is 0.671. The van der Waals surface area contributed by atoms with Crippen molar-refractivity contribution in [2.75, 3.05) is 20.2 Å². The molecule has 0 aliphatic carbocycles. The molecule has 27 heavy (non-hydrogen) atoms. The first-order valence-electron chi connectivity index (χ1n) is 9.42. The summed E-state index contributed by atoms with van der Waals surface area (Å²) in [7, 11) is 3.77. The lowest BCUT2D eigenvalue weighted by Gasteiger charge is -2.32. The highest BCUT2D eigenvalue weighted by molar-refractivity contribution is 5.27. The van der Waals surface area contributed by atoms with Crippen LogP contribution in [-0.4, -0.2) is 49.4 Å². The molecule has 0 bridgehead atoms. The largest absolute Gasteiger partial charge is 0.497 e. The van der Waals surface area contributed by atoms with Crippen LogP contribution < -0.4 is 4.74 Å². The topological polar surface area (TPSA) is 61.0 Å². The number of benzene rings is 1. The smallest absolute Gasteiger partial charge is 0.152 e. The Kier molecular flexibility index (Phi) is 5.20. The van der Waals surface area contributed by atoms with E-state index < -0.39 is 0 Å². The molecular weight excluding hydrogens is 340 g/mol. The van der Waals surface area contributed by atoms with Gasteiger partial charge in [-0.3, -0.25) is 4.90 Å². The molecule has 3 heterocycles. The van der Waals surface area contributed by atoms with Gasteiger partial charge in [0, 0.05) is 38.4 Å². The second kappa shape index (κ2) is 7.92. The van der Waals surface area contributed by atoms with Crippen molar-refractivity contribution in [2.45, 2.75) is 31.8 Å². The van der Waals surface area contributed by atoms with E-state index in [4.69, 9.17) is 4.74 Å². The van der Waals surface area contributed by atoms with Crippen LogP contribution in [-0.2, 0) is 20.1 Å². The van der Waals surface area contributed by atoms with Gasteiger partial charge in [-0.05, 0) is 37.1 Å². The van der Waals surface area contributed by atoms with Crippen molar-refractivity contribution in [1.82, 2.24) is 29.2 Å². The number of nitrogens with zero attached hydrogens (tertiary/aromatic N) is 6. The van der Waals surface area contributed by atoms with E-state index in [1.807, 2.05) is 29.2 Å². The molecule has 0 amide bonds. The van der Waals surface area contributed by atoms with Crippen molar-refractivity contribution in [3.05, 3.63) is 60.2 Å². The number of hydrogen-bond donors (Lipinski definition) is 0. The van der Waals surface area contributed by atoms with Crippen LogP contribution in [0.3, 0.4) is 0 Å². The minimum Gasteiger partial charge on any atom is -0.497 e. The van der Waals surface area contributed by atoms with Gasteiger partial charge in [0.1, 0.15) is 11.6 Å². The summed E-state index contributed by atoms with van der Waals surface area (Å²) < 4.78 is 9.42. The Balaban J connectivity index is 1.42. The Morgan fingerprint density at radius 2 is 2.00 bits per heavy atom. The summed E-state index contributed by atoms with van der Waals surface area (Å²) in [6.07, 6.45) is 7.90. The van der Waals surface area contributed by atoms with Crippen LogP contribution in [0.1, 0.15) is 36.0 Å². The molecule has 1 aliphatic heterocycles. The van der Waals surface area contributed by atoms with E-state index in [9.17, 15) is 0 Å². The predicted octanol–water partition coefficient (Wildman–Crippen LogP) is 2.45. The van der Waals surface area contributed by atoms with Crippen LogP contribution in [0.2, 0.25) is 0 Å². The zero-order valence-corrected chi connectivity index (χ0v) is 16.0. The predicted molar refractivity (Wildman–Crippen MR) is 103 cm³/mol. The van der Waals surface area contributed by atoms with E-state index in [-0.39, 0.29) is 0 Å². The number of ether oxygens (including phenoxy) is 1. The van der Waals surface area contributed by atoms with E-state index >= 15 is 0 Å². The van der Waals surface area contributed by atoms with Crippen molar-refractivity contribution >= 4 is 0 Å². The van der Waals surface area contributed by atoms with Crippen LogP contribution >= 0.6 is 0 Å². The Morgan fingerprint density at radius 3 is 2.74 bits per heavy atom. The molecule has 0 saturated carbocycles. The van der Waals surface area contributed by atoms with Crippen molar-refractivity contribution in [3.63, 3.8) is 0 Å². The van der Waals surface area contributed by atoms with Crippen LogP contribution in [0.5, 0.6) is 5.75 Å². The summed E-state index contributed by atoms with van der Waals surface area (Å²) in [5.41, 5.74) is 1.32. The van der Waals surface area contributed by atoms with Crippen molar-refractivity contribution in [1.29, 1.82) is 0 Å². The van der Waals surface area contributed by atoms with Gasteiger partial charge >= 0.3 is 0 Å². The van der Waals surface area contributed by atoms with E-state index in [1.165, 1.54) is 12.0 Å². The Labute approximate surface area is 159 Å². The maximum atomic E-state index is 5.25. The Bertz CT molecular complexity index is 855. The van der Waals surface area contributed by atoms with Gasteiger partial charge in [-0.25, -0.2) is 4.98 Å². The number of likely N-dealkylation sites (tertiary alicyclic amines) is 1. The summed E-state index contributed by atoms with van der Waals surface area (Å²) in [4.78, 5) is 6.61. The second-order valence-corrected chi connectivity index (χ2v) is 7.19. The van der Waals surface area contributed by atoms with Gasteiger partial charge < -0.3 is 13.9 Å². The maximum absolute atomic E-state index is 5.25. The van der Waals surface area contributed by atoms with Crippen molar-refractivity contribution < 1.29 is 4.74 Å². The van der Waals surface area contributed by atoms with Crippen LogP contribution in [0.25, 0.3) is 0 Å². The molecule has 1 aromatic carbocycles. The van der Waals surface area contributed by atoms with Crippen LogP contribution in [0.15, 0.2) is 43.0 Å². The molecule has 7 heteroatoms. The first-order valence-corrected chi connectivity index (χ1v) is 9.42. The number of methoxy groups -OCH3 is 1. The third-order valence-electron chi connectivity index (χ3n) is 5.32. The lowest BCUT2D eigenvalue weighted by atomic mass is 9.96. The van der Waals surface area contributed by atoms with Gasteiger partial charge in [0.05, 0.1) is 20.0 Å². The molecule has 1 fully saturated rings. The standard InChI is InChI=1S/C20H26N6O/c1-24-19(14-26-11-9-21-15-26)22-23-20(24)17-4-3-10-25(13-17)12-16-5-7-18(27-2)8-6-16/h5-9,11,15,17H,3-4,10,12-14H2,1-2H3/t17-/m1/s1. The van der Waals surface area contributed by atoms with Gasteiger partial charge in [0.15, 0.2) is 5.82 Å². The maximum Gasteiger partial charge on any atom is 0.152 e. The number of piperidine rings is 1. The van der Waals surface area contributed by atoms with Gasteiger partial charge in [0.25, 0.3) is 0 Å². The minimum atomic E-state index is 0.422. The number of aromatic nitrogens is 5. The zero-order valence-electron chi connectivity index (χ0n) is 16.0. The van der Waals surface area contributed by atoms with E-state index in [2.05, 4.69) is 43.8 Å². The number of hydrogen-bond acceptors (Lipinski definition) is 5. The van der Waals surface area contributed by atoms with Crippen molar-refractivity contribution in [3.8, 4) is 5.75 Å². The zero-order chi connectivity index (χ0) is 18.6. The molecule has 142 valence electrons. The summed E-state index contributed by atoms with van der Waals surface area (Å²) in [6.45, 7) is 3.80. The average Bonchev–Trinajstić information content (AvgIpc) is 3.33. The number of rotatable bonds is 6. The van der Waals surface area contributed by atoms with E-state index in [1.54, 1.807) is 13.3 Å². The monoisotopic (exact) mass is 366 g/mol. The fourth-order valence-corrected chi connectivity index (χ4v) is 3.81.